The van der Waals surface area contributed by atoms with E-state index in [1.54, 1.807) is 97.0 Å². The van der Waals surface area contributed by atoms with E-state index in [1.807, 2.05) is 128 Å². The van der Waals surface area contributed by atoms with Gasteiger partial charge in [-0.05, 0) is 108 Å². The SMILES string of the molecule is C=CC(=O)N1CC2C(C1)C2Cn1cc(Nc2cn(C)nc2OC)c2ncc(C(C)C)n2c1=O.C=CC(=O)N1CC2C(C1)C2Cn1cc(Nc2cn(C)nc2OC)c2ncc(C)n2c1=O.C=CC(=O)N1CC2C(CN3C=C(Nc4cn(C)nc4OC)c4ncc(NC)n4C3=C)C2C1.C=CC(=O)N1CC2C(CN3C=C(Nc4cn(C)nc4OC)c4ncc(OC)n4C3=C)C2C1. The molecule has 40 heteroatoms. The average molecular weight is 1750 g/mol. The number of aryl methyl sites for hydroxylation is 5. The van der Waals surface area contributed by atoms with E-state index in [4.69, 9.17) is 23.7 Å². The van der Waals surface area contributed by atoms with E-state index in [0.717, 1.165) is 123 Å². The number of carbonyl (C=O) groups is 4. The van der Waals surface area contributed by atoms with Crippen LogP contribution < -0.4 is 61.6 Å². The minimum absolute atomic E-state index is 0.0166. The summed E-state index contributed by atoms with van der Waals surface area (Å²) in [6.07, 6.45) is 27.6. The number of hydrogen-bond donors (Lipinski definition) is 5. The first-order valence-corrected chi connectivity index (χ1v) is 42.6. The molecule has 16 heterocycles. The molecule has 20 rings (SSSR count). The van der Waals surface area contributed by atoms with Crippen molar-refractivity contribution in [2.24, 2.45) is 99.2 Å². The van der Waals surface area contributed by atoms with Crippen LogP contribution in [0, 0.1) is 77.9 Å². The predicted octanol–water partition coefficient (Wildman–Crippen LogP) is 6.57. The fraction of sp³-hybridized carbons (Fsp3) is 0.432. The first kappa shape index (κ1) is 85.7. The Hall–Kier alpha value is -14.5. The Kier molecular flexibility index (Phi) is 22.8. The van der Waals surface area contributed by atoms with Crippen LogP contribution in [0.2, 0.25) is 0 Å². The fourth-order valence-electron chi connectivity index (χ4n) is 19.7. The summed E-state index contributed by atoms with van der Waals surface area (Å²) in [7, 11) is 17.1. The van der Waals surface area contributed by atoms with Crippen LogP contribution in [0.1, 0.15) is 42.8 Å². The lowest BCUT2D eigenvalue weighted by Gasteiger charge is -2.32. The number of rotatable bonds is 27. The summed E-state index contributed by atoms with van der Waals surface area (Å²) in [5.41, 5.74) is 8.49. The van der Waals surface area contributed by atoms with Gasteiger partial charge in [-0.25, -0.2) is 42.9 Å². The van der Waals surface area contributed by atoms with Crippen molar-refractivity contribution in [2.45, 2.75) is 39.8 Å². The molecule has 8 fully saturated rings. The van der Waals surface area contributed by atoms with Gasteiger partial charge in [0.1, 0.15) is 40.2 Å². The normalized spacial score (nSPS) is 22.5. The molecule has 4 saturated carbocycles. The van der Waals surface area contributed by atoms with Gasteiger partial charge in [0.2, 0.25) is 29.5 Å². The molecule has 0 radical (unpaired) electrons. The third-order valence-corrected chi connectivity index (χ3v) is 26.5. The molecule has 10 aromatic heterocycles. The molecule has 4 aliphatic carbocycles. The van der Waals surface area contributed by atoms with Gasteiger partial charge in [0.15, 0.2) is 22.9 Å². The molecule has 4 saturated heterocycles. The molecule has 8 unspecified atom stereocenters. The third-order valence-electron chi connectivity index (χ3n) is 26.5. The molecular weight excluding hydrogens is 1640 g/mol. The molecule has 4 amide bonds. The Labute approximate surface area is 738 Å². The lowest BCUT2D eigenvalue weighted by Crippen LogP contribution is -2.33. The van der Waals surface area contributed by atoms with Crippen molar-refractivity contribution in [3.63, 3.8) is 0 Å². The molecule has 10 aliphatic rings. The summed E-state index contributed by atoms with van der Waals surface area (Å²) < 4.78 is 44.5. The molecular formula is C88H109N29O11. The van der Waals surface area contributed by atoms with E-state index in [9.17, 15) is 28.8 Å². The quantitative estimate of drug-likeness (QED) is 0.0340. The molecule has 5 N–H and O–H groups in total. The Morgan fingerprint density at radius 3 is 1.13 bits per heavy atom. The van der Waals surface area contributed by atoms with Gasteiger partial charge in [0.05, 0.1) is 101 Å². The summed E-state index contributed by atoms with van der Waals surface area (Å²) >= 11 is 0. The number of nitrogens with one attached hydrogen (secondary N) is 5. The third kappa shape index (κ3) is 15.8. The number of carbonyl (C=O) groups excluding carboxylic acids is 4. The first-order chi connectivity index (χ1) is 61.6. The van der Waals surface area contributed by atoms with Gasteiger partial charge in [-0.15, -0.1) is 20.4 Å². The van der Waals surface area contributed by atoms with Crippen LogP contribution in [0.4, 0.5) is 39.9 Å². The van der Waals surface area contributed by atoms with Gasteiger partial charge in [-0.3, -0.25) is 51.6 Å². The van der Waals surface area contributed by atoms with Crippen molar-refractivity contribution in [1.29, 1.82) is 0 Å². The van der Waals surface area contributed by atoms with Crippen molar-refractivity contribution in [3.05, 3.63) is 182 Å². The van der Waals surface area contributed by atoms with Crippen LogP contribution >= 0.6 is 0 Å². The van der Waals surface area contributed by atoms with Crippen LogP contribution in [0.5, 0.6) is 29.4 Å². The minimum atomic E-state index is -0.113. The number of fused-ring (bicyclic) bond motifs is 8. The number of nitrogens with zero attached hydrogens (tertiary/aromatic N) is 24. The second-order valence-corrected chi connectivity index (χ2v) is 34.4. The van der Waals surface area contributed by atoms with E-state index in [-0.39, 0.29) is 40.9 Å². The first-order valence-electron chi connectivity index (χ1n) is 42.6. The summed E-state index contributed by atoms with van der Waals surface area (Å²) in [5, 5.41) is 33.9. The van der Waals surface area contributed by atoms with Crippen LogP contribution in [-0.4, -0.2) is 247 Å². The number of anilines is 7. The highest BCUT2D eigenvalue weighted by Crippen LogP contribution is 2.56. The minimum Gasteiger partial charge on any atom is -0.481 e. The van der Waals surface area contributed by atoms with E-state index in [2.05, 4.69) is 122 Å². The van der Waals surface area contributed by atoms with Crippen molar-refractivity contribution < 1.29 is 42.9 Å². The predicted molar refractivity (Wildman–Crippen MR) is 480 cm³/mol. The number of likely N-dealkylation sites (tertiary alicyclic amines) is 4. The van der Waals surface area contributed by atoms with Gasteiger partial charge in [-0.2, -0.15) is 0 Å². The second kappa shape index (κ2) is 34.1. The summed E-state index contributed by atoms with van der Waals surface area (Å²) in [6, 6.07) is 0. The topological polar surface area (TPSA) is 380 Å². The summed E-state index contributed by atoms with van der Waals surface area (Å²) in [5.74, 6) is 12.3. The highest BCUT2D eigenvalue weighted by Gasteiger charge is 2.60. The Morgan fingerprint density at radius 1 is 0.438 bits per heavy atom. The molecule has 6 aliphatic heterocycles. The molecule has 0 spiro atoms. The molecule has 40 nitrogen and oxygen atoms in total. The number of aromatic nitrogens is 18. The Morgan fingerprint density at radius 2 is 0.773 bits per heavy atom. The highest BCUT2D eigenvalue weighted by atomic mass is 16.5. The zero-order valence-corrected chi connectivity index (χ0v) is 74.2. The van der Waals surface area contributed by atoms with Crippen LogP contribution in [0.3, 0.4) is 0 Å². The maximum atomic E-state index is 13.5. The molecule has 8 atom stereocenters. The number of imidazole rings is 4. The molecule has 0 bridgehead atoms. The van der Waals surface area contributed by atoms with Crippen LogP contribution in [-0.2, 0) is 60.5 Å². The van der Waals surface area contributed by atoms with Gasteiger partial charge >= 0.3 is 11.4 Å². The maximum absolute atomic E-state index is 13.5. The second-order valence-electron chi connectivity index (χ2n) is 34.4. The van der Waals surface area contributed by atoms with Crippen molar-refractivity contribution in [2.75, 3.05) is 135 Å². The molecule has 10 aromatic rings. The van der Waals surface area contributed by atoms with Crippen molar-refractivity contribution in [3.8, 4) is 29.4 Å². The van der Waals surface area contributed by atoms with Gasteiger partial charge in [0.25, 0.3) is 23.5 Å². The van der Waals surface area contributed by atoms with Gasteiger partial charge in [-0.1, -0.05) is 53.3 Å². The summed E-state index contributed by atoms with van der Waals surface area (Å²) in [4.78, 5) is 104. The standard InChI is InChI=1S/C23H29N7O3.C22H28N8O2.C22H27N7O3.C21H25N7O3/c1-6-20(31)28-8-14-15(9-28)16(14)10-29-12-17(25-18-11-27(4)26-22(18)33-5)21-24-7-19(13(2)3)30(21)23(29)32;1-6-20(31)29-9-15-14(16(15)10-29)8-28-12-17(25-18-11-27(4)26-22(18)32-5)21-24-7-19(23-3)30(21)13(28)2;1-6-19(30)28-9-15-14(16(15)10-28)8-27-12-17(24-18-11-26(3)25-22(18)32-5)21-23-7-20(31-4)29(21)13(27)2;1-5-18(29)26-7-13-14(8-26)15(13)9-27-11-16(19-22-6-12(2)28(19)21(27)30)23-17-10-25(3)24-20(17)31-4/h6-7,11-16,25H,1,8-10H2,2-5H3;6-7,11-12,14-16,23,25H,1-2,8-10H2,3-5H3;6-7,11-12,14-16,24H,1-2,8-10H2,3-5H3;5-6,10-11,13-15,23H,1,7-9H2,2-4H3. The van der Waals surface area contributed by atoms with E-state index < -0.39 is 0 Å². The Balaban J connectivity index is 0.000000120. The highest BCUT2D eigenvalue weighted by molar-refractivity contribution is 5.90. The number of ether oxygens (including phenoxy) is 5. The van der Waals surface area contributed by atoms with Gasteiger partial charge in [0, 0.05) is 157 Å². The zero-order valence-electron chi connectivity index (χ0n) is 74.2. The number of hydrogen-bond acceptors (Lipinski definition) is 26. The molecule has 128 heavy (non-hydrogen) atoms. The lowest BCUT2D eigenvalue weighted by atomic mass is 10.1. The van der Waals surface area contributed by atoms with E-state index >= 15 is 0 Å². The lowest BCUT2D eigenvalue weighted by molar-refractivity contribution is -0.126. The largest absolute Gasteiger partial charge is 0.481 e. The van der Waals surface area contributed by atoms with Crippen LogP contribution in [0.15, 0.2) is 148 Å². The van der Waals surface area contributed by atoms with Crippen LogP contribution in [0.25, 0.3) is 34.3 Å². The summed E-state index contributed by atoms with van der Waals surface area (Å²) in [6.45, 7) is 38.0. The monoisotopic (exact) mass is 1750 g/mol. The number of amides is 4. The van der Waals surface area contributed by atoms with Crippen molar-refractivity contribution in [1.82, 2.24) is 116 Å². The molecule has 0 aromatic carbocycles. The maximum Gasteiger partial charge on any atom is 0.334 e. The van der Waals surface area contributed by atoms with Gasteiger partial charge < -0.3 is 79.7 Å². The number of methoxy groups -OCH3 is 5. The zero-order chi connectivity index (χ0) is 90.4. The number of piperidine rings is 4. The smallest absolute Gasteiger partial charge is 0.334 e. The van der Waals surface area contributed by atoms with Crippen molar-refractivity contribution >= 4 is 97.9 Å². The Bertz CT molecular complexity index is 6080. The fourth-order valence-corrected chi connectivity index (χ4v) is 19.7. The molecule has 672 valence electrons. The van der Waals surface area contributed by atoms with E-state index in [1.165, 1.54) is 24.3 Å². The average Bonchev–Trinajstić information content (AvgIpc) is 1.58. The van der Waals surface area contributed by atoms with E-state index in [0.29, 0.717) is 153 Å².